The summed E-state index contributed by atoms with van der Waals surface area (Å²) < 4.78 is 0. The van der Waals surface area contributed by atoms with Crippen LogP contribution in [-0.4, -0.2) is 52.0 Å². The summed E-state index contributed by atoms with van der Waals surface area (Å²) in [5.41, 5.74) is 9.20. The smallest absolute Gasteiger partial charge is 0.221 e. The average molecular weight is 473 g/mol. The molecule has 5 aliphatic rings. The zero-order valence-electron chi connectivity index (χ0n) is 20.5. The molecule has 0 radical (unpaired) electrons. The summed E-state index contributed by atoms with van der Waals surface area (Å²) in [7, 11) is 0. The fraction of sp³-hybridized carbons (Fsp3) is 0.607. The molecular formula is C28H36N6O. The third-order valence-corrected chi connectivity index (χ3v) is 9.59. The number of aromatic nitrogens is 2. The summed E-state index contributed by atoms with van der Waals surface area (Å²) in [5, 5.41) is 12.9. The number of aryl methyl sites for hydroxylation is 1. The minimum Gasteiger partial charge on any atom is -0.369 e. The molecule has 1 amide bonds. The normalized spacial score (nSPS) is 35.0. The first-order chi connectivity index (χ1) is 17.0. The number of rotatable bonds is 6. The summed E-state index contributed by atoms with van der Waals surface area (Å²) in [4.78, 5) is 23.3. The summed E-state index contributed by atoms with van der Waals surface area (Å²) >= 11 is 0. The Balaban J connectivity index is 1.34. The van der Waals surface area contributed by atoms with Gasteiger partial charge in [0.2, 0.25) is 5.91 Å². The highest BCUT2D eigenvalue weighted by Crippen LogP contribution is 2.61. The van der Waals surface area contributed by atoms with Crippen LogP contribution in [0.25, 0.3) is 0 Å². The van der Waals surface area contributed by atoms with Gasteiger partial charge in [0.1, 0.15) is 5.82 Å². The highest BCUT2D eigenvalue weighted by molar-refractivity contribution is 5.77. The van der Waals surface area contributed by atoms with E-state index in [-0.39, 0.29) is 23.3 Å². The molecule has 1 aromatic carbocycles. The molecule has 2 heterocycles. The molecule has 4 N–H and O–H groups in total. The molecule has 7 heteroatoms. The van der Waals surface area contributed by atoms with E-state index < -0.39 is 0 Å². The molecule has 1 aromatic heterocycles. The van der Waals surface area contributed by atoms with Crippen molar-refractivity contribution in [1.82, 2.24) is 20.2 Å². The Morgan fingerprint density at radius 2 is 2.00 bits per heavy atom. The minimum absolute atomic E-state index is 0.0718. The van der Waals surface area contributed by atoms with Crippen molar-refractivity contribution >= 4 is 5.91 Å². The van der Waals surface area contributed by atoms with E-state index in [9.17, 15) is 10.1 Å². The quantitative estimate of drug-likeness (QED) is 0.599. The van der Waals surface area contributed by atoms with Gasteiger partial charge in [-0.2, -0.15) is 5.26 Å². The Kier molecular flexibility index (Phi) is 5.69. The fourth-order valence-corrected chi connectivity index (χ4v) is 8.52. The van der Waals surface area contributed by atoms with Crippen LogP contribution >= 0.6 is 0 Å². The number of benzene rings is 1. The van der Waals surface area contributed by atoms with Gasteiger partial charge in [0.25, 0.3) is 0 Å². The molecule has 2 aromatic rings. The number of hydrogen-bond acceptors (Lipinski definition) is 5. The van der Waals surface area contributed by atoms with Gasteiger partial charge in [-0.05, 0) is 80.9 Å². The number of hydrogen-bond donors (Lipinski definition) is 3. The third-order valence-electron chi connectivity index (χ3n) is 9.59. The zero-order valence-corrected chi connectivity index (χ0v) is 20.5. The number of amides is 1. The first-order valence-electron chi connectivity index (χ1n) is 13.2. The lowest BCUT2D eigenvalue weighted by atomic mass is 9.48. The van der Waals surface area contributed by atoms with Gasteiger partial charge >= 0.3 is 0 Å². The van der Waals surface area contributed by atoms with E-state index >= 15 is 0 Å². The molecule has 184 valence electrons. The first-order valence-corrected chi connectivity index (χ1v) is 13.2. The van der Waals surface area contributed by atoms with Gasteiger partial charge in [-0.15, -0.1) is 0 Å². The molecule has 4 aliphatic carbocycles. The Bertz CT molecular complexity index is 1120. The van der Waals surface area contributed by atoms with Gasteiger partial charge in [-0.1, -0.05) is 12.1 Å². The maximum atomic E-state index is 12.3. The van der Waals surface area contributed by atoms with Crippen LogP contribution in [0.5, 0.6) is 0 Å². The van der Waals surface area contributed by atoms with Crippen molar-refractivity contribution in [2.24, 2.45) is 29.4 Å². The Labute approximate surface area is 207 Å². The molecule has 1 saturated heterocycles. The number of carbonyl (C=O) groups excluding carboxylic acids is 1. The maximum absolute atomic E-state index is 12.3. The number of nitrogens with zero attached hydrogens (tertiary/aromatic N) is 3. The summed E-state index contributed by atoms with van der Waals surface area (Å²) in [5.74, 6) is 2.82. The van der Waals surface area contributed by atoms with Crippen molar-refractivity contribution < 1.29 is 4.79 Å². The highest BCUT2D eigenvalue weighted by atomic mass is 16.1. The van der Waals surface area contributed by atoms with Crippen LogP contribution in [0.4, 0.5) is 0 Å². The van der Waals surface area contributed by atoms with E-state index in [4.69, 9.17) is 5.73 Å². The van der Waals surface area contributed by atoms with Gasteiger partial charge < -0.3 is 16.0 Å². The van der Waals surface area contributed by atoms with Crippen LogP contribution in [0.3, 0.4) is 0 Å². The van der Waals surface area contributed by atoms with Crippen LogP contribution in [-0.2, 0) is 11.2 Å². The van der Waals surface area contributed by atoms with Crippen LogP contribution in [0.2, 0.25) is 0 Å². The van der Waals surface area contributed by atoms with E-state index in [1.165, 1.54) is 30.5 Å². The predicted octanol–water partition coefficient (Wildman–Crippen LogP) is 2.87. The van der Waals surface area contributed by atoms with Crippen molar-refractivity contribution in [1.29, 1.82) is 5.26 Å². The zero-order chi connectivity index (χ0) is 24.2. The number of nitriles is 1. The first kappa shape index (κ1) is 22.8. The van der Waals surface area contributed by atoms with Gasteiger partial charge in [0.05, 0.1) is 11.6 Å². The van der Waals surface area contributed by atoms with Gasteiger partial charge in [0.15, 0.2) is 0 Å². The summed E-state index contributed by atoms with van der Waals surface area (Å²) in [6.07, 6.45) is 8.73. The number of aromatic amines is 1. The molecule has 7 rings (SSSR count). The van der Waals surface area contributed by atoms with Crippen molar-refractivity contribution in [2.75, 3.05) is 19.6 Å². The Morgan fingerprint density at radius 3 is 2.63 bits per heavy atom. The fourth-order valence-electron chi connectivity index (χ4n) is 8.52. The molecule has 0 spiro atoms. The van der Waals surface area contributed by atoms with Crippen molar-refractivity contribution in [3.63, 3.8) is 0 Å². The number of piperazine rings is 1. The monoisotopic (exact) mass is 472 g/mol. The van der Waals surface area contributed by atoms with Crippen molar-refractivity contribution in [3.8, 4) is 6.07 Å². The second kappa shape index (κ2) is 8.76. The van der Waals surface area contributed by atoms with Gasteiger partial charge in [-0.3, -0.25) is 9.69 Å². The number of primary amides is 1. The maximum Gasteiger partial charge on any atom is 0.221 e. The van der Waals surface area contributed by atoms with E-state index in [2.05, 4.69) is 38.4 Å². The van der Waals surface area contributed by atoms with Crippen LogP contribution in [0, 0.1) is 41.9 Å². The second-order valence-electron chi connectivity index (χ2n) is 11.6. The standard InChI is InChI=1S/C28H36N6O/c1-17-32-15-24(33-17)23(10-18-2-4-19(14-29)5-3-18)25-16-31-6-7-34(25)28-11-20-8-21(12-28)26(27(30)35)22(9-20)13-28/h2-5,15,20-23,25-26,31H,6-13,16H2,1H3,(H2,30,35)(H,32,33). The van der Waals surface area contributed by atoms with Crippen molar-refractivity contribution in [3.05, 3.63) is 53.1 Å². The van der Waals surface area contributed by atoms with E-state index in [1.807, 2.05) is 25.3 Å². The number of nitrogens with two attached hydrogens (primary N) is 1. The minimum atomic E-state index is -0.0718. The van der Waals surface area contributed by atoms with Gasteiger partial charge in [0, 0.05) is 54.9 Å². The molecule has 35 heavy (non-hydrogen) atoms. The van der Waals surface area contributed by atoms with Crippen molar-refractivity contribution in [2.45, 2.75) is 62.9 Å². The second-order valence-corrected chi connectivity index (χ2v) is 11.6. The predicted molar refractivity (Wildman–Crippen MR) is 133 cm³/mol. The topological polar surface area (TPSA) is 111 Å². The van der Waals surface area contributed by atoms with E-state index in [0.29, 0.717) is 23.4 Å². The molecule has 7 nitrogen and oxygen atoms in total. The summed E-state index contributed by atoms with van der Waals surface area (Å²) in [6, 6.07) is 10.6. The number of carbonyl (C=O) groups is 1. The van der Waals surface area contributed by atoms with E-state index in [0.717, 1.165) is 50.6 Å². The van der Waals surface area contributed by atoms with E-state index in [1.54, 1.807) is 0 Å². The molecule has 5 fully saturated rings. The Hall–Kier alpha value is -2.69. The summed E-state index contributed by atoms with van der Waals surface area (Å²) in [6.45, 7) is 5.00. The SMILES string of the molecule is Cc1ncc(C(Cc2ccc(C#N)cc2)C2CNCCN2C23CC4CC(C2)C(C(N)=O)C(C4)C3)[nH]1. The van der Waals surface area contributed by atoms with Crippen LogP contribution < -0.4 is 11.1 Å². The average Bonchev–Trinajstić information content (AvgIpc) is 3.28. The number of imidazole rings is 1. The highest BCUT2D eigenvalue weighted by Gasteiger charge is 2.60. The molecule has 4 unspecified atom stereocenters. The number of nitrogens with one attached hydrogen (secondary N) is 2. The lowest BCUT2D eigenvalue weighted by Gasteiger charge is -2.65. The molecule has 4 atom stereocenters. The lowest BCUT2D eigenvalue weighted by Crippen LogP contribution is -2.69. The lowest BCUT2D eigenvalue weighted by molar-refractivity contribution is -0.156. The largest absolute Gasteiger partial charge is 0.369 e. The molecule has 4 bridgehead atoms. The molecule has 4 saturated carbocycles. The van der Waals surface area contributed by atoms with Crippen LogP contribution in [0.15, 0.2) is 30.5 Å². The van der Waals surface area contributed by atoms with Crippen LogP contribution in [0.1, 0.15) is 60.7 Å². The third kappa shape index (κ3) is 3.97. The Morgan fingerprint density at radius 1 is 1.26 bits per heavy atom. The molecule has 1 aliphatic heterocycles. The van der Waals surface area contributed by atoms with Gasteiger partial charge in [-0.25, -0.2) is 4.98 Å². The number of H-pyrrole nitrogens is 1. The molecular weight excluding hydrogens is 436 g/mol.